The second-order valence-electron chi connectivity index (χ2n) is 6.75. The SMILES string of the molecule is Cc1cc(CN=C(N)NC(C)(C)C)cc(N2CCCC2)n1. The highest BCUT2D eigenvalue weighted by Gasteiger charge is 2.14. The van der Waals surface area contributed by atoms with Gasteiger partial charge in [-0.2, -0.15) is 0 Å². The van der Waals surface area contributed by atoms with E-state index in [1.165, 1.54) is 12.8 Å². The monoisotopic (exact) mass is 289 g/mol. The zero-order chi connectivity index (χ0) is 15.5. The van der Waals surface area contributed by atoms with Gasteiger partial charge in [-0.25, -0.2) is 9.98 Å². The van der Waals surface area contributed by atoms with Gasteiger partial charge in [0.15, 0.2) is 5.96 Å². The Hall–Kier alpha value is -1.78. The number of pyridine rings is 1. The normalized spacial score (nSPS) is 16.4. The molecular weight excluding hydrogens is 262 g/mol. The molecule has 1 aromatic rings. The summed E-state index contributed by atoms with van der Waals surface area (Å²) in [5.74, 6) is 1.56. The summed E-state index contributed by atoms with van der Waals surface area (Å²) in [5, 5.41) is 3.18. The highest BCUT2D eigenvalue weighted by molar-refractivity contribution is 5.78. The molecule has 0 atom stereocenters. The van der Waals surface area contributed by atoms with Crippen molar-refractivity contribution in [3.8, 4) is 0 Å². The lowest BCUT2D eigenvalue weighted by Gasteiger charge is -2.21. The second kappa shape index (κ2) is 6.33. The molecule has 3 N–H and O–H groups in total. The van der Waals surface area contributed by atoms with Crippen molar-refractivity contribution in [1.82, 2.24) is 10.3 Å². The summed E-state index contributed by atoms with van der Waals surface area (Å²) in [6.45, 7) is 11.0. The van der Waals surface area contributed by atoms with Crippen LogP contribution < -0.4 is 16.0 Å². The van der Waals surface area contributed by atoms with Crippen LogP contribution in [0.2, 0.25) is 0 Å². The molecule has 2 heterocycles. The Morgan fingerprint density at radius 3 is 2.62 bits per heavy atom. The summed E-state index contributed by atoms with van der Waals surface area (Å²) in [4.78, 5) is 11.4. The van der Waals surface area contributed by atoms with Crippen molar-refractivity contribution in [3.05, 3.63) is 23.4 Å². The quantitative estimate of drug-likeness (QED) is 0.661. The van der Waals surface area contributed by atoms with Crippen LogP contribution in [0.15, 0.2) is 17.1 Å². The minimum atomic E-state index is -0.0670. The molecule has 0 aromatic carbocycles. The van der Waals surface area contributed by atoms with E-state index in [9.17, 15) is 0 Å². The molecule has 0 amide bonds. The summed E-state index contributed by atoms with van der Waals surface area (Å²) in [6.07, 6.45) is 2.51. The van der Waals surface area contributed by atoms with E-state index in [1.54, 1.807) is 0 Å². The average molecular weight is 289 g/mol. The molecule has 1 aliphatic rings. The number of aryl methyl sites for hydroxylation is 1. The predicted molar refractivity (Wildman–Crippen MR) is 88.6 cm³/mol. The molecule has 1 aliphatic heterocycles. The number of hydrogen-bond donors (Lipinski definition) is 2. The van der Waals surface area contributed by atoms with E-state index in [-0.39, 0.29) is 5.54 Å². The fourth-order valence-corrected chi connectivity index (χ4v) is 2.52. The Labute approximate surface area is 127 Å². The molecule has 2 rings (SSSR count). The van der Waals surface area contributed by atoms with E-state index in [0.29, 0.717) is 12.5 Å². The standard InChI is InChI=1S/C16H27N5/c1-12-9-13(11-18-15(17)20-16(2,3)4)10-14(19-12)21-7-5-6-8-21/h9-10H,5-8,11H2,1-4H3,(H3,17,18,20). The number of anilines is 1. The zero-order valence-electron chi connectivity index (χ0n) is 13.6. The van der Waals surface area contributed by atoms with Crippen LogP contribution in [0.3, 0.4) is 0 Å². The molecule has 0 radical (unpaired) electrons. The minimum Gasteiger partial charge on any atom is -0.370 e. The summed E-state index contributed by atoms with van der Waals surface area (Å²) in [6, 6.07) is 4.21. The Morgan fingerprint density at radius 1 is 1.33 bits per heavy atom. The summed E-state index contributed by atoms with van der Waals surface area (Å²) >= 11 is 0. The van der Waals surface area contributed by atoms with Crippen LogP contribution in [0.5, 0.6) is 0 Å². The molecule has 5 heteroatoms. The van der Waals surface area contributed by atoms with Gasteiger partial charge in [-0.1, -0.05) is 0 Å². The van der Waals surface area contributed by atoms with Crippen molar-refractivity contribution in [2.24, 2.45) is 10.7 Å². The van der Waals surface area contributed by atoms with Crippen LogP contribution >= 0.6 is 0 Å². The Kier molecular flexibility index (Phi) is 4.70. The fourth-order valence-electron chi connectivity index (χ4n) is 2.52. The van der Waals surface area contributed by atoms with Gasteiger partial charge in [0.2, 0.25) is 0 Å². The number of aliphatic imine (C=N–C) groups is 1. The van der Waals surface area contributed by atoms with E-state index < -0.39 is 0 Å². The Balaban J connectivity index is 2.07. The zero-order valence-corrected chi connectivity index (χ0v) is 13.6. The van der Waals surface area contributed by atoms with Gasteiger partial charge in [0.1, 0.15) is 5.82 Å². The van der Waals surface area contributed by atoms with E-state index in [1.807, 2.05) is 6.92 Å². The second-order valence-corrected chi connectivity index (χ2v) is 6.75. The summed E-state index contributed by atoms with van der Waals surface area (Å²) < 4.78 is 0. The minimum absolute atomic E-state index is 0.0670. The topological polar surface area (TPSA) is 66.5 Å². The Bertz CT molecular complexity index is 510. The maximum atomic E-state index is 5.92. The molecule has 0 saturated carbocycles. The van der Waals surface area contributed by atoms with Gasteiger partial charge in [-0.05, 0) is 58.2 Å². The van der Waals surface area contributed by atoms with Gasteiger partial charge >= 0.3 is 0 Å². The largest absolute Gasteiger partial charge is 0.370 e. The first-order valence-corrected chi connectivity index (χ1v) is 7.64. The van der Waals surface area contributed by atoms with E-state index in [2.05, 4.69) is 53.1 Å². The molecule has 0 aliphatic carbocycles. The molecule has 116 valence electrons. The smallest absolute Gasteiger partial charge is 0.189 e. The van der Waals surface area contributed by atoms with Gasteiger partial charge in [0.25, 0.3) is 0 Å². The molecular formula is C16H27N5. The van der Waals surface area contributed by atoms with Crippen molar-refractivity contribution in [2.75, 3.05) is 18.0 Å². The number of nitrogens with zero attached hydrogens (tertiary/aromatic N) is 3. The average Bonchev–Trinajstić information content (AvgIpc) is 2.87. The number of rotatable bonds is 3. The molecule has 21 heavy (non-hydrogen) atoms. The lowest BCUT2D eigenvalue weighted by Crippen LogP contribution is -2.44. The van der Waals surface area contributed by atoms with Gasteiger partial charge in [0.05, 0.1) is 6.54 Å². The lowest BCUT2D eigenvalue weighted by atomic mass is 10.1. The van der Waals surface area contributed by atoms with Crippen molar-refractivity contribution in [3.63, 3.8) is 0 Å². The maximum absolute atomic E-state index is 5.92. The van der Waals surface area contributed by atoms with Crippen LogP contribution in [0.1, 0.15) is 44.9 Å². The highest BCUT2D eigenvalue weighted by Crippen LogP contribution is 2.20. The number of hydrogen-bond acceptors (Lipinski definition) is 3. The first-order chi connectivity index (χ1) is 9.83. The molecule has 0 bridgehead atoms. The summed E-state index contributed by atoms with van der Waals surface area (Å²) in [7, 11) is 0. The maximum Gasteiger partial charge on any atom is 0.189 e. The fraction of sp³-hybridized carbons (Fsp3) is 0.625. The molecule has 5 nitrogen and oxygen atoms in total. The van der Waals surface area contributed by atoms with Crippen molar-refractivity contribution < 1.29 is 0 Å². The number of aromatic nitrogens is 1. The van der Waals surface area contributed by atoms with Crippen LogP contribution in [-0.2, 0) is 6.54 Å². The first kappa shape index (κ1) is 15.6. The van der Waals surface area contributed by atoms with E-state index in [4.69, 9.17) is 5.73 Å². The first-order valence-electron chi connectivity index (χ1n) is 7.64. The third-order valence-electron chi connectivity index (χ3n) is 3.36. The number of guanidine groups is 1. The molecule has 0 spiro atoms. The third kappa shape index (κ3) is 4.92. The highest BCUT2D eigenvalue weighted by atomic mass is 15.2. The molecule has 1 fully saturated rings. The van der Waals surface area contributed by atoms with Crippen molar-refractivity contribution in [1.29, 1.82) is 0 Å². The van der Waals surface area contributed by atoms with E-state index >= 15 is 0 Å². The van der Waals surface area contributed by atoms with Gasteiger partial charge in [0, 0.05) is 24.3 Å². The summed E-state index contributed by atoms with van der Waals surface area (Å²) in [5.41, 5.74) is 8.04. The molecule has 1 aromatic heterocycles. The third-order valence-corrected chi connectivity index (χ3v) is 3.36. The lowest BCUT2D eigenvalue weighted by molar-refractivity contribution is 0.508. The van der Waals surface area contributed by atoms with Crippen LogP contribution in [0.25, 0.3) is 0 Å². The van der Waals surface area contributed by atoms with Crippen molar-refractivity contribution >= 4 is 11.8 Å². The van der Waals surface area contributed by atoms with Crippen LogP contribution in [0.4, 0.5) is 5.82 Å². The van der Waals surface area contributed by atoms with Gasteiger partial charge in [-0.15, -0.1) is 0 Å². The van der Waals surface area contributed by atoms with Crippen molar-refractivity contribution in [2.45, 2.75) is 52.6 Å². The van der Waals surface area contributed by atoms with E-state index in [0.717, 1.165) is 30.2 Å². The number of nitrogens with two attached hydrogens (primary N) is 1. The Morgan fingerprint density at radius 2 is 2.00 bits per heavy atom. The van der Waals surface area contributed by atoms with Crippen LogP contribution in [0, 0.1) is 6.92 Å². The molecule has 0 unspecified atom stereocenters. The molecule has 1 saturated heterocycles. The predicted octanol–water partition coefficient (Wildman–Crippen LogP) is 2.19. The van der Waals surface area contributed by atoms with Gasteiger partial charge in [-0.3, -0.25) is 0 Å². The van der Waals surface area contributed by atoms with Crippen LogP contribution in [-0.4, -0.2) is 29.6 Å². The van der Waals surface area contributed by atoms with Gasteiger partial charge < -0.3 is 16.0 Å². The number of nitrogens with one attached hydrogen (secondary N) is 1.